The summed E-state index contributed by atoms with van der Waals surface area (Å²) in [5.41, 5.74) is 2.01. The van der Waals surface area contributed by atoms with Crippen LogP contribution in [0.1, 0.15) is 11.4 Å². The maximum absolute atomic E-state index is 6.08. The molecule has 16 heavy (non-hydrogen) atoms. The molecule has 0 radical (unpaired) electrons. The Bertz CT molecular complexity index is 494. The predicted molar refractivity (Wildman–Crippen MR) is 62.3 cm³/mol. The number of aromatic nitrogens is 4. The molecule has 0 saturated carbocycles. The number of nitrogens with zero attached hydrogens (tertiary/aromatic N) is 4. The zero-order valence-electron chi connectivity index (χ0n) is 9.11. The van der Waals surface area contributed by atoms with Crippen molar-refractivity contribution in [2.24, 2.45) is 7.05 Å². The molecule has 0 saturated heterocycles. The molecule has 1 aromatic carbocycles. The van der Waals surface area contributed by atoms with E-state index < -0.39 is 0 Å². The molecule has 0 unspecified atom stereocenters. The Hall–Kier alpha value is -1.62. The highest BCUT2D eigenvalue weighted by molar-refractivity contribution is 6.33. The zero-order valence-corrected chi connectivity index (χ0v) is 9.86. The molecule has 1 aromatic heterocycles. The number of benzene rings is 1. The van der Waals surface area contributed by atoms with Crippen LogP contribution in [0.4, 0.5) is 5.69 Å². The summed E-state index contributed by atoms with van der Waals surface area (Å²) in [5, 5.41) is 15.5. The third-order valence-electron chi connectivity index (χ3n) is 2.11. The molecule has 0 aliphatic heterocycles. The van der Waals surface area contributed by atoms with Crippen LogP contribution in [0.25, 0.3) is 0 Å². The second kappa shape index (κ2) is 4.49. The van der Waals surface area contributed by atoms with Crippen molar-refractivity contribution >= 4 is 17.3 Å². The maximum atomic E-state index is 6.08. The van der Waals surface area contributed by atoms with Crippen molar-refractivity contribution in [3.05, 3.63) is 34.6 Å². The minimum atomic E-state index is 0.511. The molecule has 84 valence electrons. The lowest BCUT2D eigenvalue weighted by atomic mass is 10.2. The summed E-state index contributed by atoms with van der Waals surface area (Å²) in [5.74, 6) is 0.638. The molecule has 1 heterocycles. The summed E-state index contributed by atoms with van der Waals surface area (Å²) in [6, 6.07) is 5.85. The Labute approximate surface area is 98.4 Å². The smallest absolute Gasteiger partial charge is 0.193 e. The van der Waals surface area contributed by atoms with Crippen LogP contribution in [0.2, 0.25) is 5.02 Å². The van der Waals surface area contributed by atoms with Crippen LogP contribution >= 0.6 is 11.6 Å². The normalized spacial score (nSPS) is 10.4. The quantitative estimate of drug-likeness (QED) is 0.884. The van der Waals surface area contributed by atoms with Gasteiger partial charge in [0.05, 0.1) is 24.3 Å². The fourth-order valence-corrected chi connectivity index (χ4v) is 1.63. The Morgan fingerprint density at radius 1 is 1.44 bits per heavy atom. The lowest BCUT2D eigenvalue weighted by Crippen LogP contribution is -2.02. The highest BCUT2D eigenvalue weighted by atomic mass is 35.5. The van der Waals surface area contributed by atoms with Crippen molar-refractivity contribution in [3.63, 3.8) is 0 Å². The van der Waals surface area contributed by atoms with Crippen molar-refractivity contribution in [2.45, 2.75) is 13.5 Å². The van der Waals surface area contributed by atoms with E-state index in [-0.39, 0.29) is 0 Å². The van der Waals surface area contributed by atoms with Crippen LogP contribution < -0.4 is 5.32 Å². The maximum Gasteiger partial charge on any atom is 0.193 e. The molecular weight excluding hydrogens is 226 g/mol. The molecule has 0 spiro atoms. The Morgan fingerprint density at radius 2 is 2.25 bits per heavy atom. The average molecular weight is 238 g/mol. The minimum absolute atomic E-state index is 0.511. The Balaban J connectivity index is 2.04. The van der Waals surface area contributed by atoms with Gasteiger partial charge in [-0.05, 0) is 29.8 Å². The van der Waals surface area contributed by atoms with E-state index in [1.54, 1.807) is 7.05 Å². The summed E-state index contributed by atoms with van der Waals surface area (Å²) in [6.07, 6.45) is 0. The van der Waals surface area contributed by atoms with Crippen molar-refractivity contribution in [1.82, 2.24) is 20.2 Å². The number of halogens is 1. The molecule has 0 atom stereocenters. The summed E-state index contributed by atoms with van der Waals surface area (Å²) >= 11 is 6.08. The number of anilines is 1. The molecule has 0 aliphatic rings. The number of rotatable bonds is 3. The standard InChI is InChI=1S/C10H12ClN5/c1-7-3-4-9(8(11)5-7)12-6-10-13-15-16(2)14-10/h3-5,12H,6H2,1-2H3. The minimum Gasteiger partial charge on any atom is -0.376 e. The van der Waals surface area contributed by atoms with Gasteiger partial charge in [0.15, 0.2) is 5.82 Å². The Morgan fingerprint density at radius 3 is 2.88 bits per heavy atom. The first-order chi connectivity index (χ1) is 7.65. The molecule has 1 N–H and O–H groups in total. The van der Waals surface area contributed by atoms with Gasteiger partial charge in [-0.2, -0.15) is 4.80 Å². The van der Waals surface area contributed by atoms with E-state index in [4.69, 9.17) is 11.6 Å². The number of aryl methyl sites for hydroxylation is 2. The lowest BCUT2D eigenvalue weighted by molar-refractivity contribution is 0.628. The summed E-state index contributed by atoms with van der Waals surface area (Å²) in [6.45, 7) is 2.51. The third kappa shape index (κ3) is 2.49. The highest BCUT2D eigenvalue weighted by Gasteiger charge is 2.03. The first-order valence-electron chi connectivity index (χ1n) is 4.88. The summed E-state index contributed by atoms with van der Waals surface area (Å²) in [4.78, 5) is 1.42. The highest BCUT2D eigenvalue weighted by Crippen LogP contribution is 2.22. The van der Waals surface area contributed by atoms with Gasteiger partial charge in [-0.25, -0.2) is 0 Å². The van der Waals surface area contributed by atoms with Gasteiger partial charge in [-0.15, -0.1) is 10.2 Å². The second-order valence-electron chi connectivity index (χ2n) is 3.53. The number of tetrazole rings is 1. The average Bonchev–Trinajstić information content (AvgIpc) is 2.63. The first kappa shape index (κ1) is 10.9. The van der Waals surface area contributed by atoms with E-state index in [2.05, 4.69) is 20.7 Å². The molecule has 2 rings (SSSR count). The fraction of sp³-hybridized carbons (Fsp3) is 0.300. The molecule has 0 aliphatic carbocycles. The van der Waals surface area contributed by atoms with Crippen molar-refractivity contribution in [1.29, 1.82) is 0 Å². The van der Waals surface area contributed by atoms with Crippen LogP contribution in [0.3, 0.4) is 0 Å². The van der Waals surface area contributed by atoms with Crippen molar-refractivity contribution in [2.75, 3.05) is 5.32 Å². The molecule has 6 heteroatoms. The number of hydrogen-bond acceptors (Lipinski definition) is 4. The van der Waals surface area contributed by atoms with Gasteiger partial charge in [-0.3, -0.25) is 0 Å². The molecular formula is C10H12ClN5. The number of hydrogen-bond donors (Lipinski definition) is 1. The first-order valence-corrected chi connectivity index (χ1v) is 5.26. The van der Waals surface area contributed by atoms with Gasteiger partial charge >= 0.3 is 0 Å². The van der Waals surface area contributed by atoms with Crippen LogP contribution in [-0.4, -0.2) is 20.2 Å². The van der Waals surface area contributed by atoms with E-state index in [0.29, 0.717) is 17.4 Å². The molecule has 0 fully saturated rings. The number of nitrogens with one attached hydrogen (secondary N) is 1. The van der Waals surface area contributed by atoms with Crippen LogP contribution in [0.15, 0.2) is 18.2 Å². The summed E-state index contributed by atoms with van der Waals surface area (Å²) < 4.78 is 0. The van der Waals surface area contributed by atoms with Gasteiger partial charge in [0, 0.05) is 0 Å². The van der Waals surface area contributed by atoms with Gasteiger partial charge in [-0.1, -0.05) is 17.7 Å². The largest absolute Gasteiger partial charge is 0.376 e. The van der Waals surface area contributed by atoms with Gasteiger partial charge in [0.2, 0.25) is 0 Å². The predicted octanol–water partition coefficient (Wildman–Crippen LogP) is 1.78. The molecule has 0 amide bonds. The van der Waals surface area contributed by atoms with Crippen LogP contribution in [0, 0.1) is 6.92 Å². The molecule has 5 nitrogen and oxygen atoms in total. The molecule has 2 aromatic rings. The van der Waals surface area contributed by atoms with E-state index >= 15 is 0 Å². The van der Waals surface area contributed by atoms with E-state index in [1.165, 1.54) is 4.80 Å². The van der Waals surface area contributed by atoms with Crippen LogP contribution in [-0.2, 0) is 13.6 Å². The molecule has 0 bridgehead atoms. The van der Waals surface area contributed by atoms with Crippen LogP contribution in [0.5, 0.6) is 0 Å². The third-order valence-corrected chi connectivity index (χ3v) is 2.42. The van der Waals surface area contributed by atoms with Gasteiger partial charge in [0.1, 0.15) is 0 Å². The van der Waals surface area contributed by atoms with Crippen molar-refractivity contribution in [3.8, 4) is 0 Å². The Kier molecular flexibility index (Phi) is 3.05. The SMILES string of the molecule is Cc1ccc(NCc2nnn(C)n2)c(Cl)c1. The lowest BCUT2D eigenvalue weighted by Gasteiger charge is -2.06. The van der Waals surface area contributed by atoms with E-state index in [1.807, 2.05) is 25.1 Å². The van der Waals surface area contributed by atoms with Gasteiger partial charge < -0.3 is 5.32 Å². The van der Waals surface area contributed by atoms with Crippen molar-refractivity contribution < 1.29 is 0 Å². The zero-order chi connectivity index (χ0) is 11.5. The topological polar surface area (TPSA) is 55.6 Å². The second-order valence-corrected chi connectivity index (χ2v) is 3.94. The fourth-order valence-electron chi connectivity index (χ4n) is 1.33. The monoisotopic (exact) mass is 237 g/mol. The summed E-state index contributed by atoms with van der Waals surface area (Å²) in [7, 11) is 1.73. The van der Waals surface area contributed by atoms with E-state index in [0.717, 1.165) is 11.3 Å². The van der Waals surface area contributed by atoms with Gasteiger partial charge in [0.25, 0.3) is 0 Å². The van der Waals surface area contributed by atoms with E-state index in [9.17, 15) is 0 Å².